The number of methoxy groups -OCH3 is 1. The molecule has 0 aromatic heterocycles. The first kappa shape index (κ1) is 8.26. The van der Waals surface area contributed by atoms with Crippen molar-refractivity contribution in [2.75, 3.05) is 12.4 Å². The zero-order valence-electron chi connectivity index (χ0n) is 7.41. The van der Waals surface area contributed by atoms with Gasteiger partial charge < -0.3 is 10.1 Å². The fraction of sp³-hybridized carbons (Fsp3) is 0.300. The smallest absolute Gasteiger partial charge is 0.253 e. The van der Waals surface area contributed by atoms with E-state index in [9.17, 15) is 4.79 Å². The summed E-state index contributed by atoms with van der Waals surface area (Å²) in [4.78, 5) is 11.4. The summed E-state index contributed by atoms with van der Waals surface area (Å²) in [6.45, 7) is 0. The van der Waals surface area contributed by atoms with Crippen LogP contribution >= 0.6 is 0 Å². The summed E-state index contributed by atoms with van der Waals surface area (Å²) in [5, 5.41) is 2.80. The van der Waals surface area contributed by atoms with E-state index in [2.05, 4.69) is 5.32 Å². The number of amides is 1. The van der Waals surface area contributed by atoms with Gasteiger partial charge in [0.15, 0.2) is 0 Å². The van der Waals surface area contributed by atoms with Gasteiger partial charge in [-0.15, -0.1) is 0 Å². The molecule has 0 radical (unpaired) electrons. The maximum Gasteiger partial charge on any atom is 0.253 e. The van der Waals surface area contributed by atoms with Gasteiger partial charge in [0.25, 0.3) is 5.91 Å². The minimum atomic E-state index is -0.338. The van der Waals surface area contributed by atoms with E-state index in [1.165, 1.54) is 0 Å². The normalized spacial score (nSPS) is 20.7. The van der Waals surface area contributed by atoms with Crippen molar-refractivity contribution in [3.63, 3.8) is 0 Å². The average Bonchev–Trinajstić information content (AvgIpc) is 2.17. The number of hydrogen-bond donors (Lipinski definition) is 1. The predicted octanol–water partition coefficient (Wildman–Crippen LogP) is 1.20. The number of para-hydroxylation sites is 1. The summed E-state index contributed by atoms with van der Waals surface area (Å²) < 4.78 is 5.05. The van der Waals surface area contributed by atoms with Crippen molar-refractivity contribution in [3.05, 3.63) is 29.8 Å². The molecule has 0 saturated heterocycles. The molecule has 0 saturated carbocycles. The summed E-state index contributed by atoms with van der Waals surface area (Å²) in [5.74, 6) is -0.0544. The third-order valence-electron chi connectivity index (χ3n) is 2.26. The van der Waals surface area contributed by atoms with E-state index >= 15 is 0 Å². The van der Waals surface area contributed by atoms with E-state index in [1.807, 2.05) is 24.3 Å². The van der Waals surface area contributed by atoms with Crippen molar-refractivity contribution in [3.8, 4) is 0 Å². The number of ether oxygens (including phenoxy) is 1. The molecule has 0 aliphatic carbocycles. The number of anilines is 1. The second-order valence-electron chi connectivity index (χ2n) is 3.07. The predicted molar refractivity (Wildman–Crippen MR) is 49.6 cm³/mol. The monoisotopic (exact) mass is 177 g/mol. The Kier molecular flexibility index (Phi) is 2.02. The molecule has 1 unspecified atom stereocenters. The standard InChI is InChI=1S/C10H11NO2/c1-13-9-6-7-4-2-3-5-8(7)11-10(9)12/h2-5,9H,6H2,1H3,(H,11,12). The van der Waals surface area contributed by atoms with Crippen molar-refractivity contribution in [2.45, 2.75) is 12.5 Å². The first-order valence-electron chi connectivity index (χ1n) is 4.23. The van der Waals surface area contributed by atoms with Gasteiger partial charge in [-0.1, -0.05) is 18.2 Å². The van der Waals surface area contributed by atoms with Crippen molar-refractivity contribution in [2.24, 2.45) is 0 Å². The van der Waals surface area contributed by atoms with Crippen LogP contribution in [-0.4, -0.2) is 19.1 Å². The Bertz CT molecular complexity index is 335. The Morgan fingerprint density at radius 3 is 3.00 bits per heavy atom. The average molecular weight is 177 g/mol. The molecule has 1 aliphatic heterocycles. The zero-order valence-corrected chi connectivity index (χ0v) is 7.41. The van der Waals surface area contributed by atoms with Crippen LogP contribution in [0.1, 0.15) is 5.56 Å². The van der Waals surface area contributed by atoms with Crippen LogP contribution in [0.4, 0.5) is 5.69 Å². The lowest BCUT2D eigenvalue weighted by Gasteiger charge is -2.23. The SMILES string of the molecule is COC1Cc2ccccc2NC1=O. The molecule has 0 spiro atoms. The summed E-state index contributed by atoms with van der Waals surface area (Å²) >= 11 is 0. The van der Waals surface area contributed by atoms with Crippen LogP contribution < -0.4 is 5.32 Å². The molecule has 1 N–H and O–H groups in total. The molecule has 1 amide bonds. The van der Waals surface area contributed by atoms with Crippen molar-refractivity contribution in [1.29, 1.82) is 0 Å². The van der Waals surface area contributed by atoms with Gasteiger partial charge in [0.2, 0.25) is 0 Å². The first-order chi connectivity index (χ1) is 6.31. The molecule has 0 fully saturated rings. The Balaban J connectivity index is 2.33. The number of fused-ring (bicyclic) bond motifs is 1. The number of hydrogen-bond acceptors (Lipinski definition) is 2. The van der Waals surface area contributed by atoms with Crippen molar-refractivity contribution >= 4 is 11.6 Å². The highest BCUT2D eigenvalue weighted by Crippen LogP contribution is 2.22. The van der Waals surface area contributed by atoms with Gasteiger partial charge in [0, 0.05) is 19.2 Å². The summed E-state index contributed by atoms with van der Waals surface area (Å²) in [7, 11) is 1.55. The van der Waals surface area contributed by atoms with Gasteiger partial charge in [-0.05, 0) is 11.6 Å². The Labute approximate surface area is 76.7 Å². The van der Waals surface area contributed by atoms with Gasteiger partial charge in [0.1, 0.15) is 6.10 Å². The lowest BCUT2D eigenvalue weighted by Crippen LogP contribution is -2.35. The van der Waals surface area contributed by atoms with Gasteiger partial charge in [0.05, 0.1) is 0 Å². The Morgan fingerprint density at radius 2 is 2.23 bits per heavy atom. The third kappa shape index (κ3) is 1.42. The summed E-state index contributed by atoms with van der Waals surface area (Å²) in [6, 6.07) is 7.77. The molecule has 1 heterocycles. The fourth-order valence-electron chi connectivity index (χ4n) is 1.52. The van der Waals surface area contributed by atoms with Crippen LogP contribution in [0.5, 0.6) is 0 Å². The van der Waals surface area contributed by atoms with E-state index in [1.54, 1.807) is 7.11 Å². The van der Waals surface area contributed by atoms with E-state index in [0.717, 1.165) is 11.3 Å². The molecule has 13 heavy (non-hydrogen) atoms. The second kappa shape index (κ2) is 3.18. The molecule has 3 nitrogen and oxygen atoms in total. The van der Waals surface area contributed by atoms with Crippen LogP contribution in [0.3, 0.4) is 0 Å². The lowest BCUT2D eigenvalue weighted by atomic mass is 10.0. The van der Waals surface area contributed by atoms with E-state index in [-0.39, 0.29) is 12.0 Å². The maximum absolute atomic E-state index is 11.4. The second-order valence-corrected chi connectivity index (χ2v) is 3.07. The molecule has 3 heteroatoms. The minimum Gasteiger partial charge on any atom is -0.371 e. The van der Waals surface area contributed by atoms with Gasteiger partial charge >= 0.3 is 0 Å². The van der Waals surface area contributed by atoms with Crippen molar-refractivity contribution < 1.29 is 9.53 Å². The number of rotatable bonds is 1. The highest BCUT2D eigenvalue weighted by atomic mass is 16.5. The highest BCUT2D eigenvalue weighted by molar-refractivity contribution is 5.97. The third-order valence-corrected chi connectivity index (χ3v) is 2.26. The minimum absolute atomic E-state index is 0.0544. The number of benzene rings is 1. The molecular formula is C10H11NO2. The summed E-state index contributed by atoms with van der Waals surface area (Å²) in [5.41, 5.74) is 2.04. The molecule has 68 valence electrons. The number of carbonyl (C=O) groups is 1. The van der Waals surface area contributed by atoms with Crippen LogP contribution in [0.25, 0.3) is 0 Å². The van der Waals surface area contributed by atoms with Crippen LogP contribution in [0.2, 0.25) is 0 Å². The van der Waals surface area contributed by atoms with Crippen LogP contribution in [0, 0.1) is 0 Å². The van der Waals surface area contributed by atoms with Gasteiger partial charge in [-0.2, -0.15) is 0 Å². The van der Waals surface area contributed by atoms with Crippen LogP contribution in [-0.2, 0) is 16.0 Å². The zero-order chi connectivity index (χ0) is 9.26. The number of nitrogens with one attached hydrogen (secondary N) is 1. The molecule has 1 aromatic rings. The number of carbonyl (C=O) groups excluding carboxylic acids is 1. The van der Waals surface area contributed by atoms with E-state index in [4.69, 9.17) is 4.74 Å². The molecular weight excluding hydrogens is 166 g/mol. The van der Waals surface area contributed by atoms with Crippen molar-refractivity contribution in [1.82, 2.24) is 0 Å². The Hall–Kier alpha value is -1.35. The summed E-state index contributed by atoms with van der Waals surface area (Å²) in [6.07, 6.45) is 0.327. The van der Waals surface area contributed by atoms with E-state index < -0.39 is 0 Å². The molecule has 0 bridgehead atoms. The lowest BCUT2D eigenvalue weighted by molar-refractivity contribution is -0.126. The topological polar surface area (TPSA) is 38.3 Å². The Morgan fingerprint density at radius 1 is 1.46 bits per heavy atom. The molecule has 2 rings (SSSR count). The van der Waals surface area contributed by atoms with Gasteiger partial charge in [-0.3, -0.25) is 4.79 Å². The fourth-order valence-corrected chi connectivity index (χ4v) is 1.52. The molecule has 1 aliphatic rings. The van der Waals surface area contributed by atoms with Gasteiger partial charge in [-0.25, -0.2) is 0 Å². The molecule has 1 atom stereocenters. The largest absolute Gasteiger partial charge is 0.371 e. The molecule has 1 aromatic carbocycles. The van der Waals surface area contributed by atoms with Crippen LogP contribution in [0.15, 0.2) is 24.3 Å². The van der Waals surface area contributed by atoms with E-state index in [0.29, 0.717) is 6.42 Å². The first-order valence-corrected chi connectivity index (χ1v) is 4.23. The highest BCUT2D eigenvalue weighted by Gasteiger charge is 2.24. The quantitative estimate of drug-likeness (QED) is 0.699. The maximum atomic E-state index is 11.4.